The summed E-state index contributed by atoms with van der Waals surface area (Å²) in [5.74, 6) is 0.840. The Hall–Kier alpha value is -2.35. The third kappa shape index (κ3) is 4.56. The lowest BCUT2D eigenvalue weighted by Crippen LogP contribution is -2.02. The predicted molar refractivity (Wildman–Crippen MR) is 138 cm³/mol. The molecular formula is C24H23IN5OP. The van der Waals surface area contributed by atoms with Crippen LogP contribution in [0.3, 0.4) is 0 Å². The number of hydrogen-bond acceptors (Lipinski definition) is 4. The lowest BCUT2D eigenvalue weighted by atomic mass is 10.0. The minimum atomic E-state index is 0.515. The predicted octanol–water partition coefficient (Wildman–Crippen LogP) is 5.89. The average Bonchev–Trinajstić information content (AvgIpc) is 3.56. The van der Waals surface area contributed by atoms with Crippen LogP contribution in [0.2, 0.25) is 0 Å². The van der Waals surface area contributed by atoms with Gasteiger partial charge in [0.25, 0.3) is 0 Å². The van der Waals surface area contributed by atoms with E-state index in [1.54, 1.807) is 0 Å². The van der Waals surface area contributed by atoms with E-state index in [1.807, 2.05) is 46.0 Å². The van der Waals surface area contributed by atoms with Crippen LogP contribution < -0.4 is 0 Å². The lowest BCUT2D eigenvalue weighted by Gasteiger charge is -2.08. The van der Waals surface area contributed by atoms with Gasteiger partial charge in [-0.05, 0) is 70.3 Å². The number of allylic oxidation sites excluding steroid dienone is 1. The van der Waals surface area contributed by atoms with Crippen LogP contribution in [-0.2, 0) is 17.5 Å². The summed E-state index contributed by atoms with van der Waals surface area (Å²) in [6, 6.07) is 14.4. The molecule has 1 unspecified atom stereocenters. The molecule has 3 aromatic heterocycles. The van der Waals surface area contributed by atoms with Gasteiger partial charge in [0.2, 0.25) is 0 Å². The van der Waals surface area contributed by atoms with Crippen molar-refractivity contribution >= 4 is 40.1 Å². The zero-order valence-electron chi connectivity index (χ0n) is 17.7. The van der Waals surface area contributed by atoms with Gasteiger partial charge in [-0.25, -0.2) is 9.67 Å². The van der Waals surface area contributed by atoms with E-state index in [1.165, 1.54) is 16.7 Å². The Morgan fingerprint density at radius 2 is 2.03 bits per heavy atom. The van der Waals surface area contributed by atoms with Gasteiger partial charge in [0.1, 0.15) is 0 Å². The highest BCUT2D eigenvalue weighted by atomic mass is 127. The van der Waals surface area contributed by atoms with Crippen LogP contribution in [0.15, 0.2) is 61.1 Å². The molecule has 8 heteroatoms. The molecule has 0 radical (unpaired) electrons. The molecule has 0 saturated heterocycles. The van der Waals surface area contributed by atoms with Crippen LogP contribution in [-0.4, -0.2) is 31.2 Å². The second kappa shape index (κ2) is 9.65. The highest BCUT2D eigenvalue weighted by Gasteiger charge is 2.20. The van der Waals surface area contributed by atoms with Crippen molar-refractivity contribution in [2.45, 2.75) is 26.3 Å². The molecule has 0 aliphatic heterocycles. The molecule has 0 fully saturated rings. The molecule has 1 aromatic carbocycles. The van der Waals surface area contributed by atoms with Crippen LogP contribution in [0.25, 0.3) is 28.7 Å². The molecule has 162 valence electrons. The van der Waals surface area contributed by atoms with E-state index in [4.69, 9.17) is 14.6 Å². The summed E-state index contributed by atoms with van der Waals surface area (Å²) in [4.78, 5) is 4.92. The van der Waals surface area contributed by atoms with Gasteiger partial charge in [0.15, 0.2) is 5.82 Å². The first-order valence-electron chi connectivity index (χ1n) is 10.5. The Morgan fingerprint density at radius 1 is 1.16 bits per heavy atom. The number of aromatic nitrogens is 5. The van der Waals surface area contributed by atoms with Crippen LogP contribution in [0.1, 0.15) is 28.8 Å². The third-order valence-corrected chi connectivity index (χ3v) is 6.88. The topological polar surface area (TPSA) is 57.8 Å². The first kappa shape index (κ1) is 21.5. The first-order valence-corrected chi connectivity index (χ1v) is 14.6. The van der Waals surface area contributed by atoms with Crippen molar-refractivity contribution in [2.24, 2.45) is 0 Å². The highest BCUT2D eigenvalue weighted by molar-refractivity contribution is 14.2. The van der Waals surface area contributed by atoms with Crippen molar-refractivity contribution in [1.82, 2.24) is 24.5 Å². The van der Waals surface area contributed by atoms with Crippen LogP contribution >= 0.6 is 28.5 Å². The van der Waals surface area contributed by atoms with Gasteiger partial charge < -0.3 is 4.52 Å². The van der Waals surface area contributed by atoms with Gasteiger partial charge in [0.05, 0.1) is 30.6 Å². The van der Waals surface area contributed by atoms with Gasteiger partial charge in [0, 0.05) is 36.5 Å². The molecule has 3 heterocycles. The SMILES string of the molecule is Cc1cc(-n2ccc(-c3ccccc3)n2)nc2c1CC(c1cnn(CCCOPI)c1)=C2. The van der Waals surface area contributed by atoms with Gasteiger partial charge in [-0.3, -0.25) is 4.68 Å². The fourth-order valence-electron chi connectivity index (χ4n) is 3.97. The smallest absolute Gasteiger partial charge is 0.154 e. The van der Waals surface area contributed by atoms with Gasteiger partial charge in [-0.15, -0.1) is 0 Å². The van der Waals surface area contributed by atoms with Crippen molar-refractivity contribution in [3.05, 3.63) is 83.4 Å². The molecular weight excluding hydrogens is 532 g/mol. The number of nitrogens with zero attached hydrogens (tertiary/aromatic N) is 5. The maximum Gasteiger partial charge on any atom is 0.154 e. The van der Waals surface area contributed by atoms with Crippen molar-refractivity contribution in [1.29, 1.82) is 0 Å². The number of aryl methyl sites for hydroxylation is 2. The fraction of sp³-hybridized carbons (Fsp3) is 0.208. The fourth-order valence-corrected chi connectivity index (χ4v) is 4.85. The molecule has 32 heavy (non-hydrogen) atoms. The number of fused-ring (bicyclic) bond motifs is 1. The molecule has 1 atom stereocenters. The molecule has 0 saturated carbocycles. The van der Waals surface area contributed by atoms with Crippen LogP contribution in [0.4, 0.5) is 0 Å². The third-order valence-electron chi connectivity index (χ3n) is 5.63. The molecule has 1 aliphatic rings. The average molecular weight is 555 g/mol. The van der Waals surface area contributed by atoms with E-state index < -0.39 is 0 Å². The Labute approximate surface area is 202 Å². The Bertz CT molecular complexity index is 1260. The van der Waals surface area contributed by atoms with Crippen molar-refractivity contribution < 1.29 is 4.52 Å². The van der Waals surface area contributed by atoms with Crippen LogP contribution in [0.5, 0.6) is 0 Å². The number of hydrogen-bond donors (Lipinski definition) is 0. The van der Waals surface area contributed by atoms with Gasteiger partial charge in [-0.2, -0.15) is 10.2 Å². The number of rotatable bonds is 8. The van der Waals surface area contributed by atoms with Crippen LogP contribution in [0, 0.1) is 6.92 Å². The number of halogens is 1. The maximum atomic E-state index is 5.44. The number of benzene rings is 1. The Balaban J connectivity index is 1.36. The Morgan fingerprint density at radius 3 is 2.88 bits per heavy atom. The summed E-state index contributed by atoms with van der Waals surface area (Å²) in [7, 11) is 0. The second-order valence-corrected chi connectivity index (χ2v) is 9.55. The quantitative estimate of drug-likeness (QED) is 0.155. The standard InChI is InChI=1S/C24H23IN5OP/c1-17-12-24(30-10-8-22(28-30)18-6-3-2-4-7-18)27-23-14-19(13-21(17)23)20-15-26-29(16-20)9-5-11-31-32-25/h2-4,6-8,10,12,14-16,32H,5,9,11,13H2,1H3. The first-order chi connectivity index (χ1) is 15.7. The summed E-state index contributed by atoms with van der Waals surface area (Å²) in [5.41, 5.74) is 8.00. The van der Waals surface area contributed by atoms with E-state index in [-0.39, 0.29) is 0 Å². The largest absolute Gasteiger partial charge is 0.352 e. The monoisotopic (exact) mass is 555 g/mol. The summed E-state index contributed by atoms with van der Waals surface area (Å²) in [6.45, 7) is 4.31. The molecule has 1 aliphatic carbocycles. The molecule has 6 nitrogen and oxygen atoms in total. The molecule has 0 amide bonds. The van der Waals surface area contributed by atoms with Gasteiger partial charge >= 0.3 is 0 Å². The van der Waals surface area contributed by atoms with E-state index in [0.29, 0.717) is 6.45 Å². The van der Waals surface area contributed by atoms with Crippen molar-refractivity contribution in [3.8, 4) is 17.1 Å². The minimum Gasteiger partial charge on any atom is -0.352 e. The zero-order valence-corrected chi connectivity index (χ0v) is 20.9. The second-order valence-electron chi connectivity index (χ2n) is 7.79. The van der Waals surface area contributed by atoms with Crippen molar-refractivity contribution in [2.75, 3.05) is 6.61 Å². The van der Waals surface area contributed by atoms with E-state index in [0.717, 1.165) is 54.3 Å². The van der Waals surface area contributed by atoms with Crippen molar-refractivity contribution in [3.63, 3.8) is 0 Å². The summed E-state index contributed by atoms with van der Waals surface area (Å²) < 4.78 is 9.30. The molecule has 0 bridgehead atoms. The summed E-state index contributed by atoms with van der Waals surface area (Å²) in [6.07, 6.45) is 10.1. The van der Waals surface area contributed by atoms with E-state index in [9.17, 15) is 0 Å². The highest BCUT2D eigenvalue weighted by Crippen LogP contribution is 2.33. The normalized spacial score (nSPS) is 13.1. The number of pyridine rings is 1. The summed E-state index contributed by atoms with van der Waals surface area (Å²) >= 11 is 2.25. The zero-order chi connectivity index (χ0) is 21.9. The molecule has 0 N–H and O–H groups in total. The lowest BCUT2D eigenvalue weighted by molar-refractivity contribution is 0.343. The van der Waals surface area contributed by atoms with E-state index >= 15 is 0 Å². The van der Waals surface area contributed by atoms with E-state index in [2.05, 4.69) is 64.5 Å². The summed E-state index contributed by atoms with van der Waals surface area (Å²) in [5, 5.41) is 9.28. The Kier molecular flexibility index (Phi) is 6.48. The molecule has 4 aromatic rings. The molecule has 0 spiro atoms. The minimum absolute atomic E-state index is 0.515. The van der Waals surface area contributed by atoms with Gasteiger partial charge in [-0.1, -0.05) is 30.3 Å². The maximum absolute atomic E-state index is 5.44. The molecule has 5 rings (SSSR count).